The normalized spacial score (nSPS) is 16.9. The summed E-state index contributed by atoms with van der Waals surface area (Å²) in [6.45, 7) is 12.1. The fourth-order valence-electron chi connectivity index (χ4n) is 3.93. The Hall–Kier alpha value is -3.04. The van der Waals surface area contributed by atoms with Gasteiger partial charge in [-0.15, -0.1) is 0 Å². The summed E-state index contributed by atoms with van der Waals surface area (Å²) < 4.78 is 32.1. The van der Waals surface area contributed by atoms with Crippen LogP contribution >= 0.6 is 0 Å². The third kappa shape index (κ3) is 5.05. The average Bonchev–Trinajstić information content (AvgIpc) is 3.32. The number of hydrogen-bond donors (Lipinski definition) is 1. The van der Waals surface area contributed by atoms with E-state index in [1.165, 1.54) is 18.2 Å². The highest BCUT2D eigenvalue weighted by atomic mass is 32.2. The van der Waals surface area contributed by atoms with E-state index in [4.69, 9.17) is 4.74 Å². The fraction of sp³-hybridized carbons (Fsp3) is 0.393. The Morgan fingerprint density at radius 2 is 1.76 bits per heavy atom. The lowest BCUT2D eigenvalue weighted by Crippen LogP contribution is -2.19. The van der Waals surface area contributed by atoms with Gasteiger partial charge in [-0.2, -0.15) is 5.26 Å². The summed E-state index contributed by atoms with van der Waals surface area (Å²) in [6.07, 6.45) is 6.37. The molecule has 3 rings (SSSR count). The second kappa shape index (κ2) is 9.31. The van der Waals surface area contributed by atoms with E-state index in [0.717, 1.165) is 24.0 Å². The number of phenolic OH excluding ortho intramolecular Hbond substituents is 1. The van der Waals surface area contributed by atoms with E-state index < -0.39 is 9.84 Å². The molecule has 34 heavy (non-hydrogen) atoms. The van der Waals surface area contributed by atoms with Crippen molar-refractivity contribution in [2.45, 2.75) is 76.2 Å². The highest BCUT2D eigenvalue weighted by molar-refractivity contribution is 7.95. The third-order valence-corrected chi connectivity index (χ3v) is 8.18. The Balaban J connectivity index is 2.09. The van der Waals surface area contributed by atoms with Crippen LogP contribution in [0, 0.1) is 11.3 Å². The molecule has 0 radical (unpaired) electrons. The zero-order valence-electron chi connectivity index (χ0n) is 20.7. The number of rotatable bonds is 6. The molecule has 1 aliphatic heterocycles. The molecule has 2 aromatic rings. The second-order valence-corrected chi connectivity index (χ2v) is 12.3. The standard InChI is InChI=1S/C28H33NO4S/c1-7-28(5,6)24-17-19(16-23(26(24)30)27(2,3)4)15-22(18-29)34(31,32)21-12-10-20(11-13-21)25-9-8-14-33-25/h8,10-17,25,30H,7,9H2,1-6H3/b22-15+. The second-order valence-electron chi connectivity index (χ2n) is 10.4. The number of allylic oxidation sites excluding steroid dienone is 1. The van der Waals surface area contributed by atoms with Crippen LogP contribution in [-0.4, -0.2) is 13.5 Å². The van der Waals surface area contributed by atoms with Crippen LogP contribution in [0.5, 0.6) is 5.75 Å². The Kier molecular flexibility index (Phi) is 7.00. The van der Waals surface area contributed by atoms with Crippen LogP contribution in [0.25, 0.3) is 6.08 Å². The number of aromatic hydroxyl groups is 1. The molecule has 0 amide bonds. The van der Waals surface area contributed by atoms with Gasteiger partial charge < -0.3 is 9.84 Å². The van der Waals surface area contributed by atoms with E-state index in [1.54, 1.807) is 30.5 Å². The first kappa shape index (κ1) is 25.6. The van der Waals surface area contributed by atoms with Gasteiger partial charge in [0.25, 0.3) is 0 Å². The lowest BCUT2D eigenvalue weighted by atomic mass is 9.76. The van der Waals surface area contributed by atoms with Gasteiger partial charge in [-0.3, -0.25) is 0 Å². The van der Waals surface area contributed by atoms with E-state index >= 15 is 0 Å². The van der Waals surface area contributed by atoms with Gasteiger partial charge in [0.15, 0.2) is 0 Å². The highest BCUT2D eigenvalue weighted by Gasteiger charge is 2.29. The molecule has 0 bridgehead atoms. The first-order chi connectivity index (χ1) is 15.8. The smallest absolute Gasteiger partial charge is 0.216 e. The summed E-state index contributed by atoms with van der Waals surface area (Å²) in [4.78, 5) is -0.288. The quantitative estimate of drug-likeness (QED) is 0.466. The van der Waals surface area contributed by atoms with Crippen molar-refractivity contribution in [1.29, 1.82) is 5.26 Å². The van der Waals surface area contributed by atoms with E-state index in [0.29, 0.717) is 11.1 Å². The van der Waals surface area contributed by atoms with Crippen molar-refractivity contribution in [3.8, 4) is 11.8 Å². The fourth-order valence-corrected chi connectivity index (χ4v) is 5.09. The molecule has 0 aliphatic carbocycles. The number of ether oxygens (including phenoxy) is 1. The number of nitriles is 1. The van der Waals surface area contributed by atoms with Crippen molar-refractivity contribution in [2.24, 2.45) is 0 Å². The van der Waals surface area contributed by atoms with Gasteiger partial charge in [0, 0.05) is 17.5 Å². The minimum Gasteiger partial charge on any atom is -0.507 e. The summed E-state index contributed by atoms with van der Waals surface area (Å²) in [5.41, 5.74) is 2.20. The Bertz CT molecular complexity index is 1260. The molecule has 2 aromatic carbocycles. The summed E-state index contributed by atoms with van der Waals surface area (Å²) >= 11 is 0. The predicted molar refractivity (Wildman–Crippen MR) is 135 cm³/mol. The summed E-state index contributed by atoms with van der Waals surface area (Å²) in [6, 6.07) is 11.9. The summed E-state index contributed by atoms with van der Waals surface area (Å²) in [5, 5.41) is 20.8. The summed E-state index contributed by atoms with van der Waals surface area (Å²) in [5.74, 6) is 0.220. The van der Waals surface area contributed by atoms with Crippen molar-refractivity contribution in [1.82, 2.24) is 0 Å². The van der Waals surface area contributed by atoms with Crippen molar-refractivity contribution in [2.75, 3.05) is 0 Å². The van der Waals surface area contributed by atoms with Gasteiger partial charge in [-0.25, -0.2) is 8.42 Å². The monoisotopic (exact) mass is 479 g/mol. The SMILES string of the molecule is CCC(C)(C)c1cc(/C=C(\C#N)S(=O)(=O)c2ccc(C3CC=CO3)cc2)cc(C(C)(C)C)c1O. The van der Waals surface area contributed by atoms with Crippen LogP contribution in [0.1, 0.15) is 82.7 Å². The molecular formula is C28H33NO4S. The van der Waals surface area contributed by atoms with Crippen LogP contribution in [0.3, 0.4) is 0 Å². The molecule has 5 nitrogen and oxygen atoms in total. The number of benzene rings is 2. The van der Waals surface area contributed by atoms with E-state index in [9.17, 15) is 18.8 Å². The molecule has 0 saturated carbocycles. The molecule has 6 heteroatoms. The average molecular weight is 480 g/mol. The van der Waals surface area contributed by atoms with E-state index in [1.807, 2.05) is 53.7 Å². The van der Waals surface area contributed by atoms with Crippen molar-refractivity contribution >= 4 is 15.9 Å². The largest absolute Gasteiger partial charge is 0.507 e. The van der Waals surface area contributed by atoms with E-state index in [2.05, 4.69) is 0 Å². The Morgan fingerprint density at radius 3 is 2.26 bits per heavy atom. The van der Waals surface area contributed by atoms with Crippen LogP contribution in [-0.2, 0) is 25.4 Å². The van der Waals surface area contributed by atoms with Crippen molar-refractivity contribution < 1.29 is 18.3 Å². The molecule has 0 spiro atoms. The van der Waals surface area contributed by atoms with Gasteiger partial charge in [0.05, 0.1) is 11.2 Å². The lowest BCUT2D eigenvalue weighted by Gasteiger charge is -2.29. The molecule has 0 fully saturated rings. The maximum absolute atomic E-state index is 13.3. The molecule has 1 heterocycles. The molecule has 1 N–H and O–H groups in total. The molecule has 1 unspecified atom stereocenters. The van der Waals surface area contributed by atoms with Gasteiger partial charge in [-0.1, -0.05) is 53.7 Å². The molecule has 0 saturated heterocycles. The van der Waals surface area contributed by atoms with E-state index in [-0.39, 0.29) is 32.5 Å². The van der Waals surface area contributed by atoms with Crippen LogP contribution in [0.4, 0.5) is 0 Å². The molecule has 0 aromatic heterocycles. The maximum atomic E-state index is 13.3. The number of sulfone groups is 1. The molecular weight excluding hydrogens is 446 g/mol. The van der Waals surface area contributed by atoms with Crippen LogP contribution in [0.15, 0.2) is 58.5 Å². The molecule has 180 valence electrons. The third-order valence-electron chi connectivity index (χ3n) is 6.50. The van der Waals surface area contributed by atoms with Crippen molar-refractivity contribution in [3.05, 3.63) is 75.9 Å². The maximum Gasteiger partial charge on any atom is 0.216 e. The Morgan fingerprint density at radius 1 is 1.15 bits per heavy atom. The molecule has 1 aliphatic rings. The highest BCUT2D eigenvalue weighted by Crippen LogP contribution is 2.41. The van der Waals surface area contributed by atoms with Gasteiger partial charge in [0.2, 0.25) is 9.84 Å². The predicted octanol–water partition coefficient (Wildman–Crippen LogP) is 6.69. The van der Waals surface area contributed by atoms with Crippen LogP contribution < -0.4 is 0 Å². The zero-order chi connectivity index (χ0) is 25.3. The molecule has 1 atom stereocenters. The lowest BCUT2D eigenvalue weighted by molar-refractivity contribution is 0.173. The zero-order valence-corrected chi connectivity index (χ0v) is 21.5. The first-order valence-electron chi connectivity index (χ1n) is 11.5. The van der Waals surface area contributed by atoms with Crippen molar-refractivity contribution in [3.63, 3.8) is 0 Å². The number of nitrogens with zero attached hydrogens (tertiary/aromatic N) is 1. The van der Waals surface area contributed by atoms with Gasteiger partial charge >= 0.3 is 0 Å². The van der Waals surface area contributed by atoms with Gasteiger partial charge in [0.1, 0.15) is 22.8 Å². The minimum atomic E-state index is -4.02. The number of phenols is 1. The first-order valence-corrected chi connectivity index (χ1v) is 12.9. The number of hydrogen-bond acceptors (Lipinski definition) is 5. The Labute approximate surface area is 203 Å². The minimum absolute atomic E-state index is 0.0546. The van der Waals surface area contributed by atoms with Crippen LogP contribution in [0.2, 0.25) is 0 Å². The topological polar surface area (TPSA) is 87.4 Å². The summed E-state index contributed by atoms with van der Waals surface area (Å²) in [7, 11) is -4.02. The van der Waals surface area contributed by atoms with Gasteiger partial charge in [-0.05, 0) is 64.8 Å².